The van der Waals surface area contributed by atoms with E-state index >= 15 is 0 Å². The second-order valence-electron chi connectivity index (χ2n) is 5.91. The number of nitrogens with two attached hydrogens (primary N) is 1. The van der Waals surface area contributed by atoms with E-state index in [1.807, 2.05) is 24.3 Å². The first-order valence-electron chi connectivity index (χ1n) is 8.48. The van der Waals surface area contributed by atoms with E-state index in [0.29, 0.717) is 18.3 Å². The van der Waals surface area contributed by atoms with Crippen molar-refractivity contribution in [2.45, 2.75) is 39.2 Å². The van der Waals surface area contributed by atoms with Crippen LogP contribution in [0.3, 0.4) is 0 Å². The van der Waals surface area contributed by atoms with Crippen LogP contribution in [0.25, 0.3) is 0 Å². The third-order valence-electron chi connectivity index (χ3n) is 3.53. The predicted molar refractivity (Wildman–Crippen MR) is 114 cm³/mol. The zero-order chi connectivity index (χ0) is 17.8. The van der Waals surface area contributed by atoms with Crippen molar-refractivity contribution in [2.75, 3.05) is 27.2 Å². The van der Waals surface area contributed by atoms with Gasteiger partial charge in [-0.05, 0) is 24.1 Å². The van der Waals surface area contributed by atoms with Crippen LogP contribution in [0.4, 0.5) is 0 Å². The van der Waals surface area contributed by atoms with Crippen LogP contribution >= 0.6 is 24.0 Å². The van der Waals surface area contributed by atoms with Crippen molar-refractivity contribution in [3.63, 3.8) is 0 Å². The van der Waals surface area contributed by atoms with E-state index < -0.39 is 0 Å². The maximum Gasteiger partial charge on any atom is 0.259 e. The van der Waals surface area contributed by atoms with Gasteiger partial charge in [0.05, 0.1) is 6.54 Å². The molecule has 1 aromatic carbocycles. The van der Waals surface area contributed by atoms with Gasteiger partial charge in [-0.3, -0.25) is 4.79 Å². The number of likely N-dealkylation sites (N-methyl/N-ethyl adjacent to an activating group) is 1. The van der Waals surface area contributed by atoms with Gasteiger partial charge in [0.2, 0.25) is 0 Å². The number of hydrogen-bond acceptors (Lipinski definition) is 3. The summed E-state index contributed by atoms with van der Waals surface area (Å²) in [5.41, 5.74) is 6.85. The molecule has 0 aliphatic rings. The molecule has 142 valence electrons. The number of benzene rings is 1. The third kappa shape index (κ3) is 10.9. The van der Waals surface area contributed by atoms with Crippen molar-refractivity contribution < 1.29 is 9.53 Å². The van der Waals surface area contributed by atoms with Crippen LogP contribution in [0.5, 0.6) is 5.75 Å². The number of unbranched alkanes of at least 4 members (excludes halogenated alkanes) is 3. The van der Waals surface area contributed by atoms with E-state index in [1.54, 1.807) is 14.1 Å². The molecule has 0 spiro atoms. The summed E-state index contributed by atoms with van der Waals surface area (Å²) < 4.78 is 5.49. The number of carbonyl (C=O) groups is 1. The molecular weight excluding hydrogens is 431 g/mol. The summed E-state index contributed by atoms with van der Waals surface area (Å²) in [5.74, 6) is 1.04. The van der Waals surface area contributed by atoms with E-state index in [0.717, 1.165) is 18.5 Å². The lowest BCUT2D eigenvalue weighted by atomic mass is 10.2. The van der Waals surface area contributed by atoms with E-state index in [-0.39, 0.29) is 36.5 Å². The van der Waals surface area contributed by atoms with Gasteiger partial charge in [-0.15, -0.1) is 24.0 Å². The maximum atomic E-state index is 11.5. The quantitative estimate of drug-likeness (QED) is 0.243. The average Bonchev–Trinajstić information content (AvgIpc) is 2.58. The van der Waals surface area contributed by atoms with Crippen LogP contribution in [-0.2, 0) is 11.3 Å². The van der Waals surface area contributed by atoms with Gasteiger partial charge in [0.15, 0.2) is 12.6 Å². The molecule has 3 N–H and O–H groups in total. The number of aliphatic imine (C=N–C) groups is 1. The lowest BCUT2D eigenvalue weighted by Crippen LogP contribution is -2.32. The van der Waals surface area contributed by atoms with Crippen molar-refractivity contribution in [1.82, 2.24) is 10.2 Å². The Morgan fingerprint density at radius 2 is 2.04 bits per heavy atom. The van der Waals surface area contributed by atoms with Gasteiger partial charge < -0.3 is 20.7 Å². The molecule has 1 aromatic rings. The Morgan fingerprint density at radius 3 is 2.72 bits per heavy atom. The van der Waals surface area contributed by atoms with Gasteiger partial charge in [0.25, 0.3) is 5.91 Å². The van der Waals surface area contributed by atoms with Gasteiger partial charge >= 0.3 is 0 Å². The molecular formula is C18H31IN4O2. The molecule has 0 fully saturated rings. The first kappa shape index (κ1) is 23.5. The SMILES string of the molecule is CCCCCCNC(N)=NCc1cccc(OCC(=O)N(C)C)c1.I. The van der Waals surface area contributed by atoms with Gasteiger partial charge in [-0.1, -0.05) is 38.3 Å². The minimum atomic E-state index is -0.0741. The summed E-state index contributed by atoms with van der Waals surface area (Å²) >= 11 is 0. The number of nitrogens with zero attached hydrogens (tertiary/aromatic N) is 2. The molecule has 0 aliphatic carbocycles. The molecule has 0 heterocycles. The van der Waals surface area contributed by atoms with Crippen LogP contribution in [0, 0.1) is 0 Å². The standard InChI is InChI=1S/C18H30N4O2.HI/c1-4-5-6-7-11-20-18(19)21-13-15-9-8-10-16(12-15)24-14-17(23)22(2)3;/h8-10,12H,4-7,11,13-14H2,1-3H3,(H3,19,20,21);1H. The Hall–Kier alpha value is -1.51. The van der Waals surface area contributed by atoms with Gasteiger partial charge in [0, 0.05) is 20.6 Å². The molecule has 1 amide bonds. The van der Waals surface area contributed by atoms with Gasteiger partial charge in [-0.25, -0.2) is 4.99 Å². The molecule has 0 radical (unpaired) electrons. The van der Waals surface area contributed by atoms with Crippen molar-refractivity contribution in [3.8, 4) is 5.75 Å². The lowest BCUT2D eigenvalue weighted by Gasteiger charge is -2.11. The molecule has 25 heavy (non-hydrogen) atoms. The second-order valence-corrected chi connectivity index (χ2v) is 5.91. The molecule has 0 aromatic heterocycles. The minimum absolute atomic E-state index is 0. The highest BCUT2D eigenvalue weighted by molar-refractivity contribution is 14.0. The highest BCUT2D eigenvalue weighted by Gasteiger charge is 2.05. The zero-order valence-corrected chi connectivity index (χ0v) is 17.8. The molecule has 0 aliphatic heterocycles. The number of hydrogen-bond donors (Lipinski definition) is 2. The van der Waals surface area contributed by atoms with Crippen molar-refractivity contribution >= 4 is 35.8 Å². The monoisotopic (exact) mass is 462 g/mol. The van der Waals surface area contributed by atoms with E-state index in [4.69, 9.17) is 10.5 Å². The summed E-state index contributed by atoms with van der Waals surface area (Å²) in [7, 11) is 3.41. The van der Waals surface area contributed by atoms with Crippen molar-refractivity contribution in [3.05, 3.63) is 29.8 Å². The normalized spacial score (nSPS) is 10.8. The smallest absolute Gasteiger partial charge is 0.259 e. The molecule has 0 bridgehead atoms. The molecule has 7 heteroatoms. The number of halogens is 1. The van der Waals surface area contributed by atoms with Crippen molar-refractivity contribution in [2.24, 2.45) is 10.7 Å². The fourth-order valence-electron chi connectivity index (χ4n) is 2.01. The number of guanidine groups is 1. The van der Waals surface area contributed by atoms with E-state index in [2.05, 4.69) is 17.2 Å². The van der Waals surface area contributed by atoms with E-state index in [9.17, 15) is 4.79 Å². The molecule has 0 saturated heterocycles. The zero-order valence-electron chi connectivity index (χ0n) is 15.5. The number of rotatable bonds is 10. The Morgan fingerprint density at radius 1 is 1.28 bits per heavy atom. The second kappa shape index (κ2) is 13.7. The fourth-order valence-corrected chi connectivity index (χ4v) is 2.01. The van der Waals surface area contributed by atoms with Crippen LogP contribution in [0.15, 0.2) is 29.3 Å². The fraction of sp³-hybridized carbons (Fsp3) is 0.556. The highest BCUT2D eigenvalue weighted by Crippen LogP contribution is 2.14. The Labute approximate surface area is 168 Å². The van der Waals surface area contributed by atoms with Crippen LogP contribution in [0.1, 0.15) is 38.2 Å². The lowest BCUT2D eigenvalue weighted by molar-refractivity contribution is -0.130. The first-order valence-corrected chi connectivity index (χ1v) is 8.48. The average molecular weight is 462 g/mol. The van der Waals surface area contributed by atoms with E-state index in [1.165, 1.54) is 24.2 Å². The summed E-state index contributed by atoms with van der Waals surface area (Å²) in [6.45, 7) is 3.55. The molecule has 1 rings (SSSR count). The largest absolute Gasteiger partial charge is 0.484 e. The topological polar surface area (TPSA) is 80.0 Å². The number of nitrogens with one attached hydrogen (secondary N) is 1. The van der Waals surface area contributed by atoms with Crippen LogP contribution < -0.4 is 15.8 Å². The summed E-state index contributed by atoms with van der Waals surface area (Å²) in [6, 6.07) is 7.54. The molecule has 0 saturated carbocycles. The highest BCUT2D eigenvalue weighted by atomic mass is 127. The molecule has 6 nitrogen and oxygen atoms in total. The van der Waals surface area contributed by atoms with Crippen molar-refractivity contribution in [1.29, 1.82) is 0 Å². The summed E-state index contributed by atoms with van der Waals surface area (Å²) in [6.07, 6.45) is 4.79. The van der Waals surface area contributed by atoms with Crippen LogP contribution in [0.2, 0.25) is 0 Å². The number of ether oxygens (including phenoxy) is 1. The Bertz CT molecular complexity index is 536. The van der Waals surface area contributed by atoms with Gasteiger partial charge in [-0.2, -0.15) is 0 Å². The van der Waals surface area contributed by atoms with Crippen LogP contribution in [-0.4, -0.2) is 44.0 Å². The maximum absolute atomic E-state index is 11.5. The molecule has 0 unspecified atom stereocenters. The van der Waals surface area contributed by atoms with Gasteiger partial charge in [0.1, 0.15) is 5.75 Å². The number of amides is 1. The first-order chi connectivity index (χ1) is 11.5. The third-order valence-corrected chi connectivity index (χ3v) is 3.53. The minimum Gasteiger partial charge on any atom is -0.484 e. The Kier molecular flexibility index (Phi) is 12.9. The Balaban J connectivity index is 0.00000576. The molecule has 0 atom stereocenters. The predicted octanol–water partition coefficient (Wildman–Crippen LogP) is 2.76. The number of carbonyl (C=O) groups excluding carboxylic acids is 1. The summed E-state index contributed by atoms with van der Waals surface area (Å²) in [5, 5.41) is 3.13. The summed E-state index contributed by atoms with van der Waals surface area (Å²) in [4.78, 5) is 17.4.